The second-order valence-electron chi connectivity index (χ2n) is 7.41. The number of hydrogen-bond acceptors (Lipinski definition) is 5. The molecule has 182 valence electrons. The molecule has 0 saturated heterocycles. The van der Waals surface area contributed by atoms with Crippen molar-refractivity contribution in [1.82, 2.24) is 9.80 Å². The average Bonchev–Trinajstić information content (AvgIpc) is 3.07. The van der Waals surface area contributed by atoms with Gasteiger partial charge in [-0.2, -0.15) is 26.3 Å². The van der Waals surface area contributed by atoms with Gasteiger partial charge in [-0.1, -0.05) is 0 Å². The van der Waals surface area contributed by atoms with Gasteiger partial charge < -0.3 is 9.80 Å². The van der Waals surface area contributed by atoms with Crippen LogP contribution in [0.1, 0.15) is 15.9 Å². The lowest BCUT2D eigenvalue weighted by Gasteiger charge is -2.42. The molecule has 1 unspecified atom stereocenters. The van der Waals surface area contributed by atoms with Crippen LogP contribution in [-0.4, -0.2) is 64.6 Å². The molecule has 1 aliphatic heterocycles. The summed E-state index contributed by atoms with van der Waals surface area (Å²) in [6.45, 7) is 0. The first-order valence-corrected chi connectivity index (χ1v) is 9.35. The zero-order valence-electron chi connectivity index (χ0n) is 17.4. The molecular formula is C20H15F7N4O3. The second kappa shape index (κ2) is 8.25. The molecule has 0 fully saturated rings. The molecular weight excluding hydrogens is 477 g/mol. The summed E-state index contributed by atoms with van der Waals surface area (Å²) in [5, 5.41) is 10.8. The van der Waals surface area contributed by atoms with Crippen molar-refractivity contribution in [2.45, 2.75) is 24.1 Å². The molecule has 1 aliphatic rings. The number of non-ortho nitro benzene ring substituents is 1. The number of nitro benzene ring substituents is 1. The molecule has 0 saturated carbocycles. The van der Waals surface area contributed by atoms with Crippen LogP contribution in [0.25, 0.3) is 0 Å². The molecule has 1 atom stereocenters. The van der Waals surface area contributed by atoms with E-state index >= 15 is 0 Å². The van der Waals surface area contributed by atoms with Crippen LogP contribution in [0.2, 0.25) is 0 Å². The number of nitro groups is 1. The minimum absolute atomic E-state index is 0.224. The predicted octanol–water partition coefficient (Wildman–Crippen LogP) is 4.39. The van der Waals surface area contributed by atoms with Crippen molar-refractivity contribution in [2.24, 2.45) is 4.99 Å². The summed E-state index contributed by atoms with van der Waals surface area (Å²) in [5.74, 6) is -2.80. The maximum atomic E-state index is 14.1. The smallest absolute Gasteiger partial charge is 0.336 e. The van der Waals surface area contributed by atoms with Crippen molar-refractivity contribution in [3.05, 3.63) is 75.6 Å². The quantitative estimate of drug-likeness (QED) is 0.361. The van der Waals surface area contributed by atoms with Crippen LogP contribution >= 0.6 is 0 Å². The summed E-state index contributed by atoms with van der Waals surface area (Å²) in [5.41, 5.74) is -5.78. The molecule has 7 nitrogen and oxygen atoms in total. The Balaban J connectivity index is 2.15. The van der Waals surface area contributed by atoms with Crippen molar-refractivity contribution in [1.29, 1.82) is 0 Å². The maximum absolute atomic E-state index is 14.1. The van der Waals surface area contributed by atoms with Crippen LogP contribution in [0.15, 0.2) is 53.5 Å². The summed E-state index contributed by atoms with van der Waals surface area (Å²) in [4.78, 5) is 26.7. The fourth-order valence-electron chi connectivity index (χ4n) is 3.73. The number of rotatable bonds is 4. The SMILES string of the molecule is CN(C(=O)c1ccc([N+](=O)[O-])cc1)C1N(C)C(c2ccc(F)cc2)=NC1(C(F)(F)F)C(F)(F)F. The Morgan fingerprint density at radius 3 is 1.97 bits per heavy atom. The predicted molar refractivity (Wildman–Crippen MR) is 105 cm³/mol. The molecule has 34 heavy (non-hydrogen) atoms. The minimum Gasteiger partial charge on any atom is -0.336 e. The van der Waals surface area contributed by atoms with Crippen molar-refractivity contribution < 1.29 is 40.5 Å². The lowest BCUT2D eigenvalue weighted by atomic mass is 9.93. The number of halogens is 7. The van der Waals surface area contributed by atoms with Crippen molar-refractivity contribution in [2.75, 3.05) is 14.1 Å². The van der Waals surface area contributed by atoms with Gasteiger partial charge in [0.05, 0.1) is 4.92 Å². The van der Waals surface area contributed by atoms with Gasteiger partial charge in [-0.15, -0.1) is 0 Å². The molecule has 0 aliphatic carbocycles. The van der Waals surface area contributed by atoms with Gasteiger partial charge in [0.2, 0.25) is 0 Å². The Labute approximate surface area is 187 Å². The highest BCUT2D eigenvalue weighted by atomic mass is 19.4. The number of alkyl halides is 6. The largest absolute Gasteiger partial charge is 0.426 e. The molecule has 3 rings (SSSR count). The zero-order chi connectivity index (χ0) is 25.6. The number of amides is 1. The fraction of sp³-hybridized carbons (Fsp3) is 0.300. The first-order chi connectivity index (χ1) is 15.6. The van der Waals surface area contributed by atoms with Gasteiger partial charge in [0.15, 0.2) is 0 Å². The van der Waals surface area contributed by atoms with E-state index in [9.17, 15) is 45.6 Å². The lowest BCUT2D eigenvalue weighted by Crippen LogP contribution is -2.69. The number of aliphatic imine (C=N–C) groups is 1. The highest BCUT2D eigenvalue weighted by molar-refractivity contribution is 6.02. The van der Waals surface area contributed by atoms with Crippen LogP contribution in [0, 0.1) is 15.9 Å². The van der Waals surface area contributed by atoms with Crippen molar-refractivity contribution in [3.63, 3.8) is 0 Å². The Morgan fingerprint density at radius 1 is 1.03 bits per heavy atom. The van der Waals surface area contributed by atoms with E-state index < -0.39 is 52.2 Å². The van der Waals surface area contributed by atoms with Crippen LogP contribution in [0.3, 0.4) is 0 Å². The molecule has 14 heteroatoms. The summed E-state index contributed by atoms with van der Waals surface area (Å²) in [7, 11) is 1.63. The van der Waals surface area contributed by atoms with E-state index in [1.54, 1.807) is 0 Å². The second-order valence-corrected chi connectivity index (χ2v) is 7.41. The van der Waals surface area contributed by atoms with Crippen molar-refractivity contribution >= 4 is 17.4 Å². The topological polar surface area (TPSA) is 79.0 Å². The third-order valence-corrected chi connectivity index (χ3v) is 5.34. The molecule has 0 aromatic heterocycles. The number of amidine groups is 1. The van der Waals surface area contributed by atoms with E-state index in [1.807, 2.05) is 0 Å². The van der Waals surface area contributed by atoms with Gasteiger partial charge in [-0.3, -0.25) is 14.9 Å². The van der Waals surface area contributed by atoms with E-state index in [0.29, 0.717) is 4.90 Å². The molecule has 0 radical (unpaired) electrons. The lowest BCUT2D eigenvalue weighted by molar-refractivity contribution is -0.384. The van der Waals surface area contributed by atoms with Crippen LogP contribution in [0.5, 0.6) is 0 Å². The molecule has 0 bridgehead atoms. The molecule has 1 amide bonds. The Bertz CT molecular complexity index is 1110. The Kier molecular flexibility index (Phi) is 6.05. The van der Waals surface area contributed by atoms with Crippen LogP contribution in [0.4, 0.5) is 36.4 Å². The Morgan fingerprint density at radius 2 is 1.53 bits per heavy atom. The van der Waals surface area contributed by atoms with E-state index in [2.05, 4.69) is 4.99 Å². The average molecular weight is 492 g/mol. The normalized spacial score (nSPS) is 18.0. The number of carbonyl (C=O) groups is 1. The number of carbonyl (C=O) groups excluding carboxylic acids is 1. The summed E-state index contributed by atoms with van der Waals surface area (Å²) in [6.07, 6.45) is -14.7. The van der Waals surface area contributed by atoms with Gasteiger partial charge >= 0.3 is 12.4 Å². The van der Waals surface area contributed by atoms with E-state index in [1.165, 1.54) is 0 Å². The van der Waals surface area contributed by atoms with Crippen LogP contribution in [-0.2, 0) is 0 Å². The van der Waals surface area contributed by atoms with Gasteiger partial charge in [0.1, 0.15) is 17.8 Å². The fourth-order valence-corrected chi connectivity index (χ4v) is 3.73. The number of benzene rings is 2. The molecule has 0 N–H and O–H groups in total. The third-order valence-electron chi connectivity index (χ3n) is 5.34. The molecule has 1 heterocycles. The Hall–Kier alpha value is -3.71. The van der Waals surface area contributed by atoms with E-state index in [4.69, 9.17) is 0 Å². The summed E-state index contributed by atoms with van der Waals surface area (Å²) in [6, 6.07) is 7.21. The first kappa shape index (κ1) is 24.9. The summed E-state index contributed by atoms with van der Waals surface area (Å²) >= 11 is 0. The monoisotopic (exact) mass is 492 g/mol. The minimum atomic E-state index is -5.99. The van der Waals surface area contributed by atoms with Gasteiger partial charge in [0, 0.05) is 37.4 Å². The first-order valence-electron chi connectivity index (χ1n) is 9.35. The molecule has 2 aromatic rings. The summed E-state index contributed by atoms with van der Waals surface area (Å²) < 4.78 is 98.0. The van der Waals surface area contributed by atoms with Gasteiger partial charge in [-0.05, 0) is 36.4 Å². The molecule has 2 aromatic carbocycles. The number of likely N-dealkylation sites (N-methyl/N-ethyl adjacent to an activating group) is 2. The highest BCUT2D eigenvalue weighted by Gasteiger charge is 2.79. The third kappa shape index (κ3) is 3.92. The van der Waals surface area contributed by atoms with Crippen LogP contribution < -0.4 is 0 Å². The van der Waals surface area contributed by atoms with E-state index in [-0.39, 0.29) is 16.0 Å². The van der Waals surface area contributed by atoms with Gasteiger partial charge in [-0.25, -0.2) is 9.38 Å². The van der Waals surface area contributed by atoms with Crippen molar-refractivity contribution in [3.8, 4) is 0 Å². The zero-order valence-corrected chi connectivity index (χ0v) is 17.4. The molecule has 0 spiro atoms. The number of nitrogens with zero attached hydrogens (tertiary/aromatic N) is 4. The van der Waals surface area contributed by atoms with Gasteiger partial charge in [0.25, 0.3) is 17.1 Å². The highest BCUT2D eigenvalue weighted by Crippen LogP contribution is 2.53. The standard InChI is InChI=1S/C20H15F7N4O3/c1-29-15(11-3-7-13(21)8-4-11)28-18(19(22,23)24,20(25,26)27)17(29)30(2)16(32)12-5-9-14(10-6-12)31(33)34/h3-10,17H,1-2H3. The maximum Gasteiger partial charge on any atom is 0.426 e. The van der Waals surface area contributed by atoms with E-state index in [0.717, 1.165) is 62.6 Å². The number of hydrogen-bond donors (Lipinski definition) is 0.